The highest BCUT2D eigenvalue weighted by atomic mass is 35.5. The predicted octanol–water partition coefficient (Wildman–Crippen LogP) is 4.26. The van der Waals surface area contributed by atoms with E-state index in [0.717, 1.165) is 29.4 Å². The van der Waals surface area contributed by atoms with Gasteiger partial charge >= 0.3 is 0 Å². The minimum Gasteiger partial charge on any atom is -0.350 e. The highest BCUT2D eigenvalue weighted by molar-refractivity contribution is 7.99. The molecule has 1 aromatic carbocycles. The number of amides is 1. The standard InChI is InChI=1S/C24H32ClN5OS/c1-15(2)26-11-20(18-5-7-19(25)8-6-18)24(31)29-9-10-30(16(3)12-29)23-22-17(4)32-13-21(22)27-14-28-23/h5-8,14-17,20,26H,9-13H2,1-4H3/t16-,17-,20?/m0/s1. The van der Waals surface area contributed by atoms with Gasteiger partial charge in [-0.1, -0.05) is 37.6 Å². The van der Waals surface area contributed by atoms with Crippen LogP contribution in [0.1, 0.15) is 55.7 Å². The number of thioether (sulfide) groups is 1. The maximum Gasteiger partial charge on any atom is 0.231 e. The van der Waals surface area contributed by atoms with Gasteiger partial charge in [-0.3, -0.25) is 4.79 Å². The Kier molecular flexibility index (Phi) is 7.27. The minimum atomic E-state index is -0.229. The van der Waals surface area contributed by atoms with Gasteiger partial charge in [0.25, 0.3) is 0 Å². The van der Waals surface area contributed by atoms with Gasteiger partial charge in [-0.05, 0) is 31.5 Å². The summed E-state index contributed by atoms with van der Waals surface area (Å²) >= 11 is 8.00. The Labute approximate surface area is 200 Å². The Balaban J connectivity index is 1.51. The van der Waals surface area contributed by atoms with E-state index in [1.54, 1.807) is 6.33 Å². The topological polar surface area (TPSA) is 61.4 Å². The van der Waals surface area contributed by atoms with Gasteiger partial charge in [0.2, 0.25) is 5.91 Å². The zero-order chi connectivity index (χ0) is 22.8. The molecule has 1 amide bonds. The van der Waals surface area contributed by atoms with E-state index in [1.807, 2.05) is 40.9 Å². The van der Waals surface area contributed by atoms with Crippen molar-refractivity contribution in [3.8, 4) is 0 Å². The fourth-order valence-corrected chi connectivity index (χ4v) is 5.73. The molecule has 8 heteroatoms. The molecule has 1 fully saturated rings. The first-order valence-corrected chi connectivity index (χ1v) is 12.8. The second-order valence-corrected chi connectivity index (χ2v) is 10.8. The lowest BCUT2D eigenvalue weighted by Crippen LogP contribution is -2.55. The largest absolute Gasteiger partial charge is 0.350 e. The molecule has 2 aromatic rings. The van der Waals surface area contributed by atoms with Gasteiger partial charge in [0.1, 0.15) is 12.1 Å². The molecule has 3 heterocycles. The molecule has 1 aromatic heterocycles. The van der Waals surface area contributed by atoms with Crippen molar-refractivity contribution in [2.24, 2.45) is 0 Å². The van der Waals surface area contributed by atoms with E-state index in [-0.39, 0.29) is 17.9 Å². The van der Waals surface area contributed by atoms with Crippen LogP contribution in [0.4, 0.5) is 5.82 Å². The third-order valence-electron chi connectivity index (χ3n) is 6.33. The lowest BCUT2D eigenvalue weighted by atomic mass is 9.96. The zero-order valence-electron chi connectivity index (χ0n) is 19.2. The third-order valence-corrected chi connectivity index (χ3v) is 7.76. The molecular weight excluding hydrogens is 442 g/mol. The summed E-state index contributed by atoms with van der Waals surface area (Å²) in [6, 6.07) is 8.16. The molecule has 0 radical (unpaired) electrons. The molecule has 2 aliphatic rings. The molecule has 0 aliphatic carbocycles. The Morgan fingerprint density at radius 1 is 1.22 bits per heavy atom. The second kappa shape index (κ2) is 9.98. The number of carbonyl (C=O) groups excluding carboxylic acids is 1. The Bertz CT molecular complexity index is 954. The molecule has 0 spiro atoms. The molecule has 6 nitrogen and oxygen atoms in total. The maximum absolute atomic E-state index is 13.6. The lowest BCUT2D eigenvalue weighted by Gasteiger charge is -2.42. The first-order valence-electron chi connectivity index (χ1n) is 11.3. The molecule has 1 unspecified atom stereocenters. The summed E-state index contributed by atoms with van der Waals surface area (Å²) in [6.07, 6.45) is 1.69. The quantitative estimate of drug-likeness (QED) is 0.676. The molecule has 1 saturated heterocycles. The van der Waals surface area contributed by atoms with Crippen LogP contribution in [0.25, 0.3) is 0 Å². The number of nitrogens with one attached hydrogen (secondary N) is 1. The van der Waals surface area contributed by atoms with Gasteiger partial charge < -0.3 is 15.1 Å². The van der Waals surface area contributed by atoms with Crippen LogP contribution < -0.4 is 10.2 Å². The fraction of sp³-hybridized carbons (Fsp3) is 0.542. The number of aromatic nitrogens is 2. The Morgan fingerprint density at radius 2 is 1.97 bits per heavy atom. The van der Waals surface area contributed by atoms with Crippen LogP contribution in [-0.2, 0) is 10.5 Å². The monoisotopic (exact) mass is 473 g/mol. The van der Waals surface area contributed by atoms with Crippen molar-refractivity contribution in [3.05, 3.63) is 52.4 Å². The van der Waals surface area contributed by atoms with E-state index in [0.29, 0.717) is 35.9 Å². The van der Waals surface area contributed by atoms with Crippen molar-refractivity contribution in [1.82, 2.24) is 20.2 Å². The van der Waals surface area contributed by atoms with Crippen molar-refractivity contribution >= 4 is 35.1 Å². The van der Waals surface area contributed by atoms with Gasteiger partial charge in [0, 0.05) is 59.9 Å². The molecule has 4 rings (SSSR count). The van der Waals surface area contributed by atoms with Crippen LogP contribution in [0.15, 0.2) is 30.6 Å². The molecule has 2 aliphatic heterocycles. The van der Waals surface area contributed by atoms with Gasteiger partial charge in [-0.25, -0.2) is 9.97 Å². The van der Waals surface area contributed by atoms with E-state index in [1.165, 1.54) is 5.56 Å². The molecular formula is C24H32ClN5OS. The van der Waals surface area contributed by atoms with Crippen LogP contribution in [-0.4, -0.2) is 59.0 Å². The summed E-state index contributed by atoms with van der Waals surface area (Å²) in [5.41, 5.74) is 3.42. The molecule has 172 valence electrons. The number of rotatable bonds is 6. The number of carbonyl (C=O) groups is 1. The molecule has 32 heavy (non-hydrogen) atoms. The van der Waals surface area contributed by atoms with Crippen molar-refractivity contribution in [2.45, 2.75) is 56.7 Å². The maximum atomic E-state index is 13.6. The number of anilines is 1. The molecule has 1 N–H and O–H groups in total. The van der Waals surface area contributed by atoms with Crippen molar-refractivity contribution in [2.75, 3.05) is 31.1 Å². The van der Waals surface area contributed by atoms with E-state index < -0.39 is 0 Å². The lowest BCUT2D eigenvalue weighted by molar-refractivity contribution is -0.133. The number of halogens is 1. The van der Waals surface area contributed by atoms with Crippen LogP contribution in [0.5, 0.6) is 0 Å². The van der Waals surface area contributed by atoms with Crippen molar-refractivity contribution in [3.63, 3.8) is 0 Å². The number of nitrogens with zero attached hydrogens (tertiary/aromatic N) is 4. The summed E-state index contributed by atoms with van der Waals surface area (Å²) in [5.74, 6) is 1.93. The van der Waals surface area contributed by atoms with Gasteiger partial charge in [0.05, 0.1) is 11.6 Å². The predicted molar refractivity (Wildman–Crippen MR) is 132 cm³/mol. The molecule has 3 atom stereocenters. The highest BCUT2D eigenvalue weighted by Crippen LogP contribution is 2.44. The number of benzene rings is 1. The van der Waals surface area contributed by atoms with Gasteiger partial charge in [-0.2, -0.15) is 0 Å². The summed E-state index contributed by atoms with van der Waals surface area (Å²) < 4.78 is 0. The summed E-state index contributed by atoms with van der Waals surface area (Å²) in [7, 11) is 0. The Hall–Kier alpha value is -1.83. The van der Waals surface area contributed by atoms with Gasteiger partial charge in [-0.15, -0.1) is 11.8 Å². The number of hydrogen-bond acceptors (Lipinski definition) is 6. The highest BCUT2D eigenvalue weighted by Gasteiger charge is 2.35. The molecule has 0 saturated carbocycles. The first-order chi connectivity index (χ1) is 15.3. The average molecular weight is 474 g/mol. The third kappa shape index (κ3) is 4.90. The average Bonchev–Trinajstić information content (AvgIpc) is 3.16. The number of fused-ring (bicyclic) bond motifs is 1. The van der Waals surface area contributed by atoms with E-state index in [4.69, 9.17) is 11.6 Å². The van der Waals surface area contributed by atoms with E-state index in [9.17, 15) is 4.79 Å². The molecule has 0 bridgehead atoms. The summed E-state index contributed by atoms with van der Waals surface area (Å²) in [5, 5.41) is 4.54. The first kappa shape index (κ1) is 23.3. The number of piperazine rings is 1. The van der Waals surface area contributed by atoms with Crippen LogP contribution in [0.2, 0.25) is 5.02 Å². The van der Waals surface area contributed by atoms with Crippen molar-refractivity contribution in [1.29, 1.82) is 0 Å². The van der Waals surface area contributed by atoms with Crippen LogP contribution in [0, 0.1) is 0 Å². The van der Waals surface area contributed by atoms with Crippen LogP contribution in [0.3, 0.4) is 0 Å². The second-order valence-electron chi connectivity index (χ2n) is 9.00. The normalized spacial score (nSPS) is 21.7. The summed E-state index contributed by atoms with van der Waals surface area (Å²) in [6.45, 7) is 11.4. The van der Waals surface area contributed by atoms with Crippen LogP contribution >= 0.6 is 23.4 Å². The summed E-state index contributed by atoms with van der Waals surface area (Å²) in [4.78, 5) is 27.2. The SMILES string of the molecule is CC(C)NCC(C(=O)N1CCN(c2ncnc3c2[C@H](C)SC3)[C@@H](C)C1)c1ccc(Cl)cc1. The van der Waals surface area contributed by atoms with E-state index in [2.05, 4.69) is 47.9 Å². The van der Waals surface area contributed by atoms with Gasteiger partial charge in [0.15, 0.2) is 0 Å². The Morgan fingerprint density at radius 3 is 2.66 bits per heavy atom. The minimum absolute atomic E-state index is 0.170. The van der Waals surface area contributed by atoms with E-state index >= 15 is 0 Å². The number of hydrogen-bond donors (Lipinski definition) is 1. The van der Waals surface area contributed by atoms with Crippen molar-refractivity contribution < 1.29 is 4.79 Å². The smallest absolute Gasteiger partial charge is 0.231 e. The zero-order valence-corrected chi connectivity index (χ0v) is 20.8. The fourth-order valence-electron chi connectivity index (χ4n) is 4.56.